The van der Waals surface area contributed by atoms with Crippen molar-refractivity contribution in [3.63, 3.8) is 0 Å². The number of imidazole rings is 1. The molecule has 0 aliphatic heterocycles. The van der Waals surface area contributed by atoms with Gasteiger partial charge in [-0.05, 0) is 26.7 Å². The number of nitrogens with zero attached hydrogens (tertiary/aromatic N) is 2. The molecular weight excluding hydrogens is 250 g/mol. The number of ether oxygens (including phenoxy) is 1. The second-order valence-electron chi connectivity index (χ2n) is 5.64. The average molecular weight is 281 g/mol. The van der Waals surface area contributed by atoms with Crippen LogP contribution in [-0.2, 0) is 11.3 Å². The van der Waals surface area contributed by atoms with Crippen molar-refractivity contribution in [1.29, 1.82) is 0 Å². The molecule has 20 heavy (non-hydrogen) atoms. The number of methoxy groups -OCH3 is 1. The van der Waals surface area contributed by atoms with Gasteiger partial charge in [-0.15, -0.1) is 0 Å². The van der Waals surface area contributed by atoms with Crippen LogP contribution in [0.5, 0.6) is 0 Å². The van der Waals surface area contributed by atoms with Crippen LogP contribution in [-0.4, -0.2) is 29.3 Å². The Morgan fingerprint density at radius 2 is 2.10 bits per heavy atom. The molecule has 1 heterocycles. The van der Waals surface area contributed by atoms with Crippen LogP contribution in [0.1, 0.15) is 58.1 Å². The molecule has 0 radical (unpaired) electrons. The van der Waals surface area contributed by atoms with Gasteiger partial charge in [0.1, 0.15) is 0 Å². The van der Waals surface area contributed by atoms with E-state index in [0.717, 1.165) is 31.2 Å². The number of aromatic nitrogens is 2. The van der Waals surface area contributed by atoms with Crippen molar-refractivity contribution < 1.29 is 4.74 Å². The lowest BCUT2D eigenvalue weighted by molar-refractivity contribution is 0.190. The first-order valence-corrected chi connectivity index (χ1v) is 7.96. The number of rotatable bonds is 11. The second kappa shape index (κ2) is 9.81. The second-order valence-corrected chi connectivity index (χ2v) is 5.64. The van der Waals surface area contributed by atoms with Crippen molar-refractivity contribution in [1.82, 2.24) is 9.55 Å². The van der Waals surface area contributed by atoms with E-state index in [0.29, 0.717) is 6.04 Å². The van der Waals surface area contributed by atoms with Crippen LogP contribution in [0, 0.1) is 6.92 Å². The van der Waals surface area contributed by atoms with Crippen LogP contribution >= 0.6 is 0 Å². The summed E-state index contributed by atoms with van der Waals surface area (Å²) in [5.41, 5.74) is 1.07. The zero-order chi connectivity index (χ0) is 14.8. The predicted octanol–water partition coefficient (Wildman–Crippen LogP) is 4.00. The quantitative estimate of drug-likeness (QED) is 0.623. The van der Waals surface area contributed by atoms with Gasteiger partial charge in [-0.1, -0.05) is 32.6 Å². The van der Waals surface area contributed by atoms with Crippen molar-refractivity contribution in [2.24, 2.45) is 0 Å². The van der Waals surface area contributed by atoms with E-state index in [1.165, 1.54) is 32.1 Å². The zero-order valence-corrected chi connectivity index (χ0v) is 13.6. The number of aryl methyl sites for hydroxylation is 2. The molecule has 0 fully saturated rings. The van der Waals surface area contributed by atoms with Crippen molar-refractivity contribution in [2.45, 2.75) is 71.9 Å². The summed E-state index contributed by atoms with van der Waals surface area (Å²) >= 11 is 0. The standard InChI is InChI=1S/C16H31N3O/c1-5-6-7-8-10-14(2)17-16-18-15(3)13-19(16)11-9-12-20-4/h13-14H,5-12H2,1-4H3,(H,17,18). The molecule has 0 spiro atoms. The molecule has 0 aromatic carbocycles. The van der Waals surface area contributed by atoms with Gasteiger partial charge in [0.2, 0.25) is 5.95 Å². The van der Waals surface area contributed by atoms with Gasteiger partial charge in [0.25, 0.3) is 0 Å². The van der Waals surface area contributed by atoms with E-state index in [1.54, 1.807) is 7.11 Å². The molecule has 0 amide bonds. The first kappa shape index (κ1) is 17.0. The van der Waals surface area contributed by atoms with Gasteiger partial charge in [-0.2, -0.15) is 0 Å². The minimum Gasteiger partial charge on any atom is -0.385 e. The summed E-state index contributed by atoms with van der Waals surface area (Å²) in [6.07, 6.45) is 9.62. The Morgan fingerprint density at radius 3 is 2.80 bits per heavy atom. The molecule has 1 rings (SSSR count). The predicted molar refractivity (Wildman–Crippen MR) is 85.3 cm³/mol. The van der Waals surface area contributed by atoms with Crippen LogP contribution in [0.15, 0.2) is 6.20 Å². The van der Waals surface area contributed by atoms with Gasteiger partial charge in [-0.25, -0.2) is 4.98 Å². The molecule has 116 valence electrons. The van der Waals surface area contributed by atoms with Crippen LogP contribution in [0.2, 0.25) is 0 Å². The van der Waals surface area contributed by atoms with E-state index < -0.39 is 0 Å². The van der Waals surface area contributed by atoms with Gasteiger partial charge in [0.15, 0.2) is 0 Å². The van der Waals surface area contributed by atoms with E-state index in [-0.39, 0.29) is 0 Å². The average Bonchev–Trinajstić information content (AvgIpc) is 2.75. The van der Waals surface area contributed by atoms with Gasteiger partial charge >= 0.3 is 0 Å². The topological polar surface area (TPSA) is 39.1 Å². The third-order valence-corrected chi connectivity index (χ3v) is 3.51. The maximum atomic E-state index is 5.11. The lowest BCUT2D eigenvalue weighted by Gasteiger charge is -2.16. The Labute approximate surface area is 123 Å². The number of unbranched alkanes of at least 4 members (excludes halogenated alkanes) is 3. The van der Waals surface area contributed by atoms with Crippen molar-refractivity contribution in [2.75, 3.05) is 19.0 Å². The zero-order valence-electron chi connectivity index (χ0n) is 13.6. The normalized spacial score (nSPS) is 12.6. The van der Waals surface area contributed by atoms with Crippen LogP contribution < -0.4 is 5.32 Å². The summed E-state index contributed by atoms with van der Waals surface area (Å²) in [4.78, 5) is 4.58. The molecule has 0 saturated carbocycles. The van der Waals surface area contributed by atoms with Crippen LogP contribution in [0.3, 0.4) is 0 Å². The highest BCUT2D eigenvalue weighted by Crippen LogP contribution is 2.13. The lowest BCUT2D eigenvalue weighted by Crippen LogP contribution is -2.18. The Morgan fingerprint density at radius 1 is 1.30 bits per heavy atom. The fourth-order valence-electron chi connectivity index (χ4n) is 2.38. The Kier molecular flexibility index (Phi) is 8.35. The van der Waals surface area contributed by atoms with Crippen LogP contribution in [0.4, 0.5) is 5.95 Å². The molecular formula is C16H31N3O. The maximum absolute atomic E-state index is 5.11. The first-order chi connectivity index (χ1) is 9.67. The molecule has 0 bridgehead atoms. The highest BCUT2D eigenvalue weighted by atomic mass is 16.5. The molecule has 1 atom stereocenters. The minimum atomic E-state index is 0.481. The summed E-state index contributed by atoms with van der Waals surface area (Å²) < 4.78 is 7.32. The smallest absolute Gasteiger partial charge is 0.203 e. The number of anilines is 1. The van der Waals surface area contributed by atoms with E-state index >= 15 is 0 Å². The Hall–Kier alpha value is -1.03. The summed E-state index contributed by atoms with van der Waals surface area (Å²) in [5, 5.41) is 3.55. The van der Waals surface area contributed by atoms with Crippen molar-refractivity contribution in [3.05, 3.63) is 11.9 Å². The van der Waals surface area contributed by atoms with Gasteiger partial charge in [0.05, 0.1) is 5.69 Å². The Balaban J connectivity index is 2.40. The molecule has 4 heteroatoms. The molecule has 0 aliphatic carbocycles. The highest BCUT2D eigenvalue weighted by molar-refractivity contribution is 5.29. The van der Waals surface area contributed by atoms with Crippen molar-refractivity contribution >= 4 is 5.95 Å². The fraction of sp³-hybridized carbons (Fsp3) is 0.812. The third-order valence-electron chi connectivity index (χ3n) is 3.51. The maximum Gasteiger partial charge on any atom is 0.203 e. The fourth-order valence-corrected chi connectivity index (χ4v) is 2.38. The number of hydrogen-bond donors (Lipinski definition) is 1. The molecule has 1 aromatic heterocycles. The monoisotopic (exact) mass is 281 g/mol. The molecule has 4 nitrogen and oxygen atoms in total. The summed E-state index contributed by atoms with van der Waals surface area (Å²) in [6.45, 7) is 8.30. The molecule has 1 N–H and O–H groups in total. The lowest BCUT2D eigenvalue weighted by atomic mass is 10.1. The van der Waals surface area contributed by atoms with E-state index in [4.69, 9.17) is 4.74 Å². The molecule has 0 saturated heterocycles. The number of nitrogens with one attached hydrogen (secondary N) is 1. The highest BCUT2D eigenvalue weighted by Gasteiger charge is 2.08. The number of hydrogen-bond acceptors (Lipinski definition) is 3. The first-order valence-electron chi connectivity index (χ1n) is 7.96. The van der Waals surface area contributed by atoms with Gasteiger partial charge in [-0.3, -0.25) is 0 Å². The Bertz CT molecular complexity index is 363. The summed E-state index contributed by atoms with van der Waals surface area (Å²) in [7, 11) is 1.75. The van der Waals surface area contributed by atoms with E-state index in [2.05, 4.69) is 34.9 Å². The van der Waals surface area contributed by atoms with Gasteiger partial charge in [0, 0.05) is 32.5 Å². The SMILES string of the molecule is CCCCCCC(C)Nc1nc(C)cn1CCCOC. The van der Waals surface area contributed by atoms with Crippen molar-refractivity contribution in [3.8, 4) is 0 Å². The van der Waals surface area contributed by atoms with Crippen LogP contribution in [0.25, 0.3) is 0 Å². The largest absolute Gasteiger partial charge is 0.385 e. The minimum absolute atomic E-state index is 0.481. The van der Waals surface area contributed by atoms with Gasteiger partial charge < -0.3 is 14.6 Å². The summed E-state index contributed by atoms with van der Waals surface area (Å²) in [6, 6.07) is 0.481. The summed E-state index contributed by atoms with van der Waals surface area (Å²) in [5.74, 6) is 1.00. The molecule has 1 unspecified atom stereocenters. The molecule has 1 aromatic rings. The molecule has 0 aliphatic rings. The van der Waals surface area contributed by atoms with E-state index in [1.807, 2.05) is 6.92 Å². The van der Waals surface area contributed by atoms with E-state index in [9.17, 15) is 0 Å². The third kappa shape index (κ3) is 6.42.